The van der Waals surface area contributed by atoms with Crippen molar-refractivity contribution in [3.05, 3.63) is 30.5 Å². The van der Waals surface area contributed by atoms with Crippen LogP contribution in [0.3, 0.4) is 0 Å². The van der Waals surface area contributed by atoms with Crippen LogP contribution in [-0.4, -0.2) is 18.4 Å². The summed E-state index contributed by atoms with van der Waals surface area (Å²) in [4.78, 5) is 7.54. The number of benzene rings is 1. The monoisotopic (exact) mass is 265 g/mol. The predicted octanol–water partition coefficient (Wildman–Crippen LogP) is -0.0446. The Morgan fingerprint density at radius 1 is 1.06 bits per heavy atom. The standard InChI is InChI=1S/C10H11N5O2S/c11-9-7(5-14-10(12)15-9)6-3-1-2-4-8(6)18(13,16)17/h1-5H,(H2,13,16,17)(H4,11,12,14,15). The second-order valence-electron chi connectivity index (χ2n) is 3.57. The van der Waals surface area contributed by atoms with Gasteiger partial charge in [0.15, 0.2) is 0 Å². The van der Waals surface area contributed by atoms with E-state index < -0.39 is 10.0 Å². The van der Waals surface area contributed by atoms with E-state index >= 15 is 0 Å². The summed E-state index contributed by atoms with van der Waals surface area (Å²) in [7, 11) is -3.85. The van der Waals surface area contributed by atoms with Gasteiger partial charge in [0.2, 0.25) is 16.0 Å². The lowest BCUT2D eigenvalue weighted by Gasteiger charge is -2.09. The molecule has 0 fully saturated rings. The molecule has 1 aromatic carbocycles. The molecule has 2 aromatic rings. The predicted molar refractivity (Wildman–Crippen MR) is 67.7 cm³/mol. The molecule has 0 aliphatic heterocycles. The Bertz CT molecular complexity index is 699. The maximum atomic E-state index is 11.5. The smallest absolute Gasteiger partial charge is 0.238 e. The maximum Gasteiger partial charge on any atom is 0.238 e. The molecule has 6 N–H and O–H groups in total. The first kappa shape index (κ1) is 12.3. The summed E-state index contributed by atoms with van der Waals surface area (Å²) in [6, 6.07) is 6.20. The van der Waals surface area contributed by atoms with E-state index in [0.717, 1.165) is 0 Å². The Morgan fingerprint density at radius 3 is 2.33 bits per heavy atom. The second kappa shape index (κ2) is 4.24. The second-order valence-corrected chi connectivity index (χ2v) is 5.10. The molecule has 94 valence electrons. The van der Waals surface area contributed by atoms with Crippen LogP contribution in [0.15, 0.2) is 35.4 Å². The molecule has 0 amide bonds. The molecule has 0 aliphatic rings. The highest BCUT2D eigenvalue weighted by atomic mass is 32.2. The van der Waals surface area contributed by atoms with Crippen molar-refractivity contribution in [2.75, 3.05) is 11.5 Å². The molecule has 0 atom stereocenters. The van der Waals surface area contributed by atoms with Crippen LogP contribution in [0.4, 0.5) is 11.8 Å². The van der Waals surface area contributed by atoms with Gasteiger partial charge in [0.25, 0.3) is 0 Å². The summed E-state index contributed by atoms with van der Waals surface area (Å²) < 4.78 is 23.0. The molecule has 0 radical (unpaired) electrons. The van der Waals surface area contributed by atoms with Gasteiger partial charge in [0.1, 0.15) is 5.82 Å². The van der Waals surface area contributed by atoms with E-state index in [2.05, 4.69) is 9.97 Å². The molecule has 0 saturated heterocycles. The molecule has 0 aliphatic carbocycles. The van der Waals surface area contributed by atoms with E-state index in [9.17, 15) is 8.42 Å². The van der Waals surface area contributed by atoms with E-state index in [4.69, 9.17) is 16.6 Å². The van der Waals surface area contributed by atoms with Crippen molar-refractivity contribution in [3.63, 3.8) is 0 Å². The summed E-state index contributed by atoms with van der Waals surface area (Å²) in [5.74, 6) is 0.114. The van der Waals surface area contributed by atoms with Gasteiger partial charge in [0, 0.05) is 17.3 Å². The van der Waals surface area contributed by atoms with E-state index in [1.807, 2.05) is 0 Å². The minimum absolute atomic E-state index is 0.0179. The first-order valence-corrected chi connectivity index (χ1v) is 6.44. The van der Waals surface area contributed by atoms with Gasteiger partial charge in [-0.1, -0.05) is 18.2 Å². The molecule has 1 heterocycles. The van der Waals surface area contributed by atoms with Crippen molar-refractivity contribution in [3.8, 4) is 11.1 Å². The number of nitrogens with zero attached hydrogens (tertiary/aromatic N) is 2. The van der Waals surface area contributed by atoms with Crippen LogP contribution in [0.5, 0.6) is 0 Å². The number of sulfonamides is 1. The molecule has 1 aromatic heterocycles. The summed E-state index contributed by atoms with van der Waals surface area (Å²) in [5.41, 5.74) is 11.8. The van der Waals surface area contributed by atoms with Crippen molar-refractivity contribution in [2.24, 2.45) is 5.14 Å². The third-order valence-electron chi connectivity index (χ3n) is 2.32. The largest absolute Gasteiger partial charge is 0.383 e. The molecule has 8 heteroatoms. The van der Waals surface area contributed by atoms with Crippen molar-refractivity contribution in [1.82, 2.24) is 9.97 Å². The molecular formula is C10H11N5O2S. The van der Waals surface area contributed by atoms with E-state index in [1.54, 1.807) is 18.2 Å². The minimum atomic E-state index is -3.85. The number of anilines is 2. The summed E-state index contributed by atoms with van der Waals surface area (Å²) in [5, 5.41) is 5.14. The Labute approximate surface area is 104 Å². The first-order valence-electron chi connectivity index (χ1n) is 4.90. The molecule has 0 spiro atoms. The molecule has 0 bridgehead atoms. The quantitative estimate of drug-likeness (QED) is 0.696. The van der Waals surface area contributed by atoms with Crippen LogP contribution in [-0.2, 0) is 10.0 Å². The number of hydrogen-bond donors (Lipinski definition) is 3. The van der Waals surface area contributed by atoms with E-state index in [-0.39, 0.29) is 16.7 Å². The Morgan fingerprint density at radius 2 is 1.72 bits per heavy atom. The maximum absolute atomic E-state index is 11.5. The van der Waals surface area contributed by atoms with Gasteiger partial charge in [-0.2, -0.15) is 4.98 Å². The fourth-order valence-corrected chi connectivity index (χ4v) is 2.31. The average Bonchev–Trinajstić information content (AvgIpc) is 2.28. The van der Waals surface area contributed by atoms with Crippen molar-refractivity contribution in [1.29, 1.82) is 0 Å². The average molecular weight is 265 g/mol. The van der Waals surface area contributed by atoms with Crippen molar-refractivity contribution in [2.45, 2.75) is 4.90 Å². The van der Waals surface area contributed by atoms with Crippen LogP contribution < -0.4 is 16.6 Å². The fourth-order valence-electron chi connectivity index (χ4n) is 1.55. The third kappa shape index (κ3) is 2.24. The van der Waals surface area contributed by atoms with Gasteiger partial charge in [0.05, 0.1) is 4.90 Å². The van der Waals surface area contributed by atoms with E-state index in [0.29, 0.717) is 11.1 Å². The van der Waals surface area contributed by atoms with Gasteiger partial charge in [-0.25, -0.2) is 18.5 Å². The number of aromatic nitrogens is 2. The van der Waals surface area contributed by atoms with Crippen molar-refractivity contribution >= 4 is 21.8 Å². The van der Waals surface area contributed by atoms with Crippen molar-refractivity contribution < 1.29 is 8.42 Å². The number of nitrogen functional groups attached to an aromatic ring is 2. The number of nitrogens with two attached hydrogens (primary N) is 3. The topological polar surface area (TPSA) is 138 Å². The first-order chi connectivity index (χ1) is 8.39. The summed E-state index contributed by atoms with van der Waals surface area (Å²) in [6.07, 6.45) is 1.36. The lowest BCUT2D eigenvalue weighted by molar-refractivity contribution is 0.598. The van der Waals surface area contributed by atoms with Gasteiger partial charge in [-0.05, 0) is 6.07 Å². The lowest BCUT2D eigenvalue weighted by atomic mass is 10.1. The van der Waals surface area contributed by atoms with Crippen LogP contribution >= 0.6 is 0 Å². The molecule has 0 unspecified atom stereocenters. The minimum Gasteiger partial charge on any atom is -0.383 e. The molecular weight excluding hydrogens is 254 g/mol. The Balaban J connectivity index is 2.72. The summed E-state index contributed by atoms with van der Waals surface area (Å²) in [6.45, 7) is 0. The zero-order chi connectivity index (χ0) is 13.3. The van der Waals surface area contributed by atoms with Gasteiger partial charge in [-0.3, -0.25) is 0 Å². The third-order valence-corrected chi connectivity index (χ3v) is 3.29. The van der Waals surface area contributed by atoms with Gasteiger partial charge in [-0.15, -0.1) is 0 Å². The fraction of sp³-hybridized carbons (Fsp3) is 0. The van der Waals surface area contributed by atoms with Crippen LogP contribution in [0.2, 0.25) is 0 Å². The van der Waals surface area contributed by atoms with Crippen LogP contribution in [0.1, 0.15) is 0 Å². The van der Waals surface area contributed by atoms with Gasteiger partial charge < -0.3 is 11.5 Å². The number of hydrogen-bond acceptors (Lipinski definition) is 6. The van der Waals surface area contributed by atoms with E-state index in [1.165, 1.54) is 12.3 Å². The number of primary sulfonamides is 1. The molecule has 18 heavy (non-hydrogen) atoms. The van der Waals surface area contributed by atoms with Crippen LogP contribution in [0, 0.1) is 0 Å². The summed E-state index contributed by atoms with van der Waals surface area (Å²) >= 11 is 0. The normalized spacial score (nSPS) is 11.4. The Kier molecular flexibility index (Phi) is 2.89. The molecule has 0 saturated carbocycles. The number of rotatable bonds is 2. The lowest BCUT2D eigenvalue weighted by Crippen LogP contribution is -2.13. The van der Waals surface area contributed by atoms with Gasteiger partial charge >= 0.3 is 0 Å². The Hall–Kier alpha value is -2.19. The highest BCUT2D eigenvalue weighted by Gasteiger charge is 2.17. The highest BCUT2D eigenvalue weighted by Crippen LogP contribution is 2.29. The molecule has 2 rings (SSSR count). The van der Waals surface area contributed by atoms with Crippen LogP contribution in [0.25, 0.3) is 11.1 Å². The highest BCUT2D eigenvalue weighted by molar-refractivity contribution is 7.89. The SMILES string of the molecule is Nc1ncc(-c2ccccc2S(N)(=O)=O)c(N)n1. The molecule has 7 nitrogen and oxygen atoms in total. The zero-order valence-corrected chi connectivity index (χ0v) is 10.1. The zero-order valence-electron chi connectivity index (χ0n) is 9.24.